The lowest BCUT2D eigenvalue weighted by molar-refractivity contribution is 0.361. The van der Waals surface area contributed by atoms with Crippen LogP contribution in [0, 0.1) is 0 Å². The van der Waals surface area contributed by atoms with Crippen molar-refractivity contribution in [1.29, 1.82) is 0 Å². The molecule has 0 fully saturated rings. The maximum Gasteiger partial charge on any atom is 0.194 e. The summed E-state index contributed by atoms with van der Waals surface area (Å²) in [5, 5.41) is 0. The molecule has 3 heteroatoms. The Morgan fingerprint density at radius 1 is 0.281 bits per heavy atom. The Kier molecular flexibility index (Phi) is 8.13. The highest BCUT2D eigenvalue weighted by Gasteiger charge is 2.53. The van der Waals surface area contributed by atoms with E-state index >= 15 is 0 Å². The van der Waals surface area contributed by atoms with Gasteiger partial charge in [0.2, 0.25) is 0 Å². The fourth-order valence-corrected chi connectivity index (χ4v) is 10.7. The zero-order chi connectivity index (χ0) is 42.2. The molecule has 1 aliphatic heterocycles. The van der Waals surface area contributed by atoms with E-state index in [-0.39, 0.29) is 0 Å². The van der Waals surface area contributed by atoms with Crippen LogP contribution in [0.3, 0.4) is 0 Å². The van der Waals surface area contributed by atoms with Crippen LogP contribution in [0.2, 0.25) is 0 Å². The first kappa shape index (κ1) is 36.3. The van der Waals surface area contributed by atoms with E-state index in [4.69, 9.17) is 9.47 Å². The summed E-state index contributed by atoms with van der Waals surface area (Å²) in [6.07, 6.45) is 0. The lowest BCUT2D eigenvalue weighted by atomic mass is 9.70. The van der Waals surface area contributed by atoms with E-state index in [2.05, 4.69) is 235 Å². The highest BCUT2D eigenvalue weighted by atomic mass is 16.6. The highest BCUT2D eigenvalue weighted by Crippen LogP contribution is 2.67. The summed E-state index contributed by atoms with van der Waals surface area (Å²) in [6, 6.07) is 84.6. The molecule has 0 atom stereocenters. The van der Waals surface area contributed by atoms with E-state index in [0.717, 1.165) is 45.1 Å². The minimum atomic E-state index is -0.495. The predicted octanol–water partition coefficient (Wildman–Crippen LogP) is 16.4. The van der Waals surface area contributed by atoms with Gasteiger partial charge in [-0.2, -0.15) is 0 Å². The Balaban J connectivity index is 0.970. The SMILES string of the molecule is c1ccc(-c2ccc(N(c3ccc(-c4ccccc4-c4ccccc4)cc3)c3cccc4c3Oc3c(ccc5c3-c3ccccc3C53c5ccccc5-c5ccccc53)O4)cc2)cc1. The lowest BCUT2D eigenvalue weighted by Crippen LogP contribution is -2.25. The third-order valence-electron chi connectivity index (χ3n) is 13.4. The molecule has 0 bridgehead atoms. The molecular weight excluding hydrogens is 779 g/mol. The van der Waals surface area contributed by atoms with E-state index in [1.807, 2.05) is 6.07 Å². The molecular formula is C61H39NO2. The zero-order valence-electron chi connectivity index (χ0n) is 34.8. The molecule has 0 amide bonds. The van der Waals surface area contributed by atoms with Crippen LogP contribution in [0.25, 0.3) is 55.6 Å². The lowest BCUT2D eigenvalue weighted by Gasteiger charge is -2.32. The normalized spacial score (nSPS) is 13.1. The van der Waals surface area contributed by atoms with Gasteiger partial charge in [-0.25, -0.2) is 0 Å². The third-order valence-corrected chi connectivity index (χ3v) is 13.4. The van der Waals surface area contributed by atoms with Crippen molar-refractivity contribution < 1.29 is 9.47 Å². The van der Waals surface area contributed by atoms with Crippen molar-refractivity contribution in [3.05, 3.63) is 259 Å². The molecule has 2 aliphatic carbocycles. The Morgan fingerprint density at radius 3 is 1.34 bits per heavy atom. The Labute approximate surface area is 372 Å². The van der Waals surface area contributed by atoms with Crippen molar-refractivity contribution in [1.82, 2.24) is 0 Å². The summed E-state index contributed by atoms with van der Waals surface area (Å²) in [4.78, 5) is 2.29. The van der Waals surface area contributed by atoms with Crippen LogP contribution in [-0.2, 0) is 5.41 Å². The topological polar surface area (TPSA) is 21.7 Å². The summed E-state index contributed by atoms with van der Waals surface area (Å²) in [7, 11) is 0. The van der Waals surface area contributed by atoms with Crippen molar-refractivity contribution >= 4 is 17.1 Å². The van der Waals surface area contributed by atoms with E-state index < -0.39 is 5.41 Å². The Bertz CT molecular complexity index is 3380. The van der Waals surface area contributed by atoms with E-state index in [1.165, 1.54) is 55.6 Å². The van der Waals surface area contributed by atoms with Crippen LogP contribution in [0.5, 0.6) is 23.0 Å². The van der Waals surface area contributed by atoms with Crippen LogP contribution in [-0.4, -0.2) is 0 Å². The number of rotatable bonds is 6. The highest BCUT2D eigenvalue weighted by molar-refractivity contribution is 5.98. The first-order chi connectivity index (χ1) is 31.8. The fraction of sp³-hybridized carbons (Fsp3) is 0.0164. The average molecular weight is 818 g/mol. The second-order valence-corrected chi connectivity index (χ2v) is 16.7. The van der Waals surface area contributed by atoms with Gasteiger partial charge in [0.25, 0.3) is 0 Å². The molecule has 0 aromatic heterocycles. The third kappa shape index (κ3) is 5.34. The standard InChI is InChI=1S/C61H39NO2/c1-3-16-40(17-4-1)41-30-34-44(35-31-41)62(45-36-32-43(33-37-45)47-21-8-7-20-46(47)42-18-5-2-6-19-42)55-28-15-29-56-59(55)64-60-57(63-56)39-38-54-58(60)50-24-11-14-27-53(50)61(54)51-25-12-9-22-48(51)49-23-10-13-26-52(49)61/h1-39H. The summed E-state index contributed by atoms with van der Waals surface area (Å²) in [5.41, 5.74) is 19.2. The van der Waals surface area contributed by atoms with Crippen molar-refractivity contribution in [2.45, 2.75) is 5.41 Å². The maximum atomic E-state index is 7.40. The number of hydrogen-bond acceptors (Lipinski definition) is 3. The van der Waals surface area contributed by atoms with Gasteiger partial charge in [-0.1, -0.05) is 194 Å². The molecule has 10 aromatic carbocycles. The number of fused-ring (bicyclic) bond motifs is 13. The first-order valence-electron chi connectivity index (χ1n) is 21.9. The van der Waals surface area contributed by atoms with Crippen LogP contribution in [0.1, 0.15) is 22.3 Å². The van der Waals surface area contributed by atoms with Gasteiger partial charge < -0.3 is 14.4 Å². The van der Waals surface area contributed by atoms with E-state index in [0.29, 0.717) is 17.2 Å². The van der Waals surface area contributed by atoms with Crippen molar-refractivity contribution in [2.75, 3.05) is 4.90 Å². The van der Waals surface area contributed by atoms with Gasteiger partial charge in [-0.15, -0.1) is 0 Å². The summed E-state index contributed by atoms with van der Waals surface area (Å²) >= 11 is 0. The molecule has 1 heterocycles. The molecule has 13 rings (SSSR count). The number of hydrogen-bond donors (Lipinski definition) is 0. The largest absolute Gasteiger partial charge is 0.449 e. The van der Waals surface area contributed by atoms with Gasteiger partial charge in [0.1, 0.15) is 0 Å². The van der Waals surface area contributed by atoms with E-state index in [9.17, 15) is 0 Å². The smallest absolute Gasteiger partial charge is 0.194 e. The van der Waals surface area contributed by atoms with Gasteiger partial charge >= 0.3 is 0 Å². The Hall–Kier alpha value is -8.40. The minimum Gasteiger partial charge on any atom is -0.449 e. The second-order valence-electron chi connectivity index (χ2n) is 16.7. The van der Waals surface area contributed by atoms with E-state index in [1.54, 1.807) is 0 Å². The molecule has 0 N–H and O–H groups in total. The summed E-state index contributed by atoms with van der Waals surface area (Å²) in [6.45, 7) is 0. The zero-order valence-corrected chi connectivity index (χ0v) is 34.8. The van der Waals surface area contributed by atoms with Crippen molar-refractivity contribution in [3.63, 3.8) is 0 Å². The monoisotopic (exact) mass is 817 g/mol. The summed E-state index contributed by atoms with van der Waals surface area (Å²) < 4.78 is 14.3. The fourth-order valence-electron chi connectivity index (χ4n) is 10.7. The molecule has 0 saturated carbocycles. The number of nitrogens with zero attached hydrogens (tertiary/aromatic N) is 1. The van der Waals surface area contributed by atoms with Gasteiger partial charge in [-0.3, -0.25) is 0 Å². The molecule has 0 saturated heterocycles. The number of ether oxygens (including phenoxy) is 2. The molecule has 10 aromatic rings. The Morgan fingerprint density at radius 2 is 0.734 bits per heavy atom. The molecule has 1 spiro atoms. The average Bonchev–Trinajstić information content (AvgIpc) is 3.85. The second kappa shape index (κ2) is 14.3. The number of anilines is 3. The van der Waals surface area contributed by atoms with Crippen LogP contribution in [0.15, 0.2) is 237 Å². The molecule has 3 nitrogen and oxygen atoms in total. The number of para-hydroxylation sites is 1. The van der Waals surface area contributed by atoms with Crippen LogP contribution < -0.4 is 14.4 Å². The maximum absolute atomic E-state index is 7.40. The van der Waals surface area contributed by atoms with Crippen LogP contribution in [0.4, 0.5) is 17.1 Å². The quantitative estimate of drug-likeness (QED) is 0.167. The van der Waals surface area contributed by atoms with Crippen molar-refractivity contribution in [3.8, 4) is 78.6 Å². The van der Waals surface area contributed by atoms with Gasteiger partial charge in [-0.05, 0) is 115 Å². The van der Waals surface area contributed by atoms with Gasteiger partial charge in [0.05, 0.1) is 11.1 Å². The molecule has 64 heavy (non-hydrogen) atoms. The molecule has 0 unspecified atom stereocenters. The first-order valence-corrected chi connectivity index (χ1v) is 21.9. The minimum absolute atomic E-state index is 0.495. The molecule has 300 valence electrons. The van der Waals surface area contributed by atoms with Gasteiger partial charge in [0.15, 0.2) is 23.0 Å². The van der Waals surface area contributed by atoms with Gasteiger partial charge in [0, 0.05) is 16.9 Å². The summed E-state index contributed by atoms with van der Waals surface area (Å²) in [5.74, 6) is 2.77. The van der Waals surface area contributed by atoms with Crippen molar-refractivity contribution in [2.24, 2.45) is 0 Å². The molecule has 3 aliphatic rings. The molecule has 0 radical (unpaired) electrons. The predicted molar refractivity (Wildman–Crippen MR) is 260 cm³/mol. The van der Waals surface area contributed by atoms with Crippen LogP contribution >= 0.6 is 0 Å². The number of benzene rings is 10.